The minimum atomic E-state index is -0.616. The van der Waals surface area contributed by atoms with Crippen molar-refractivity contribution in [3.8, 4) is 11.5 Å². The first-order chi connectivity index (χ1) is 18.9. The molecule has 0 aliphatic carbocycles. The smallest absolute Gasteiger partial charge is 0.338 e. The van der Waals surface area contributed by atoms with Crippen molar-refractivity contribution in [3.05, 3.63) is 112 Å². The normalized spacial score (nSPS) is 15.1. The highest BCUT2D eigenvalue weighted by atomic mass is 35.5. The van der Waals surface area contributed by atoms with Gasteiger partial charge in [0.2, 0.25) is 0 Å². The molecule has 1 aliphatic rings. The summed E-state index contributed by atoms with van der Waals surface area (Å²) in [6.45, 7) is 4.08. The number of hydrogen-bond acceptors (Lipinski definition) is 8. The number of carbonyl (C=O) groups is 1. The van der Waals surface area contributed by atoms with Gasteiger partial charge in [0.1, 0.15) is 12.6 Å². The summed E-state index contributed by atoms with van der Waals surface area (Å²) in [6, 6.07) is 16.4. The van der Waals surface area contributed by atoms with Crippen LogP contribution in [0, 0.1) is 0 Å². The van der Waals surface area contributed by atoms with Gasteiger partial charge >= 0.3 is 5.97 Å². The van der Waals surface area contributed by atoms with Gasteiger partial charge in [-0.15, -0.1) is 11.3 Å². The van der Waals surface area contributed by atoms with Crippen LogP contribution in [0.25, 0.3) is 6.08 Å². The number of benzene rings is 2. The number of ether oxygens (including phenoxy) is 3. The number of thiazole rings is 1. The van der Waals surface area contributed by atoms with Crippen LogP contribution >= 0.6 is 34.3 Å². The molecule has 0 fully saturated rings. The van der Waals surface area contributed by atoms with Crippen molar-refractivity contribution in [1.82, 2.24) is 4.57 Å². The number of carbonyl (C=O) groups excluding carboxylic acids is 1. The molecule has 10 heteroatoms. The molecular weight excluding hydrogens is 556 g/mol. The van der Waals surface area contributed by atoms with Crippen LogP contribution in [0.4, 0.5) is 0 Å². The third kappa shape index (κ3) is 5.43. The number of halogens is 1. The highest BCUT2D eigenvalue weighted by Gasteiger charge is 2.33. The summed E-state index contributed by atoms with van der Waals surface area (Å²) in [4.78, 5) is 32.6. The summed E-state index contributed by atoms with van der Waals surface area (Å²) < 4.78 is 18.9. The van der Waals surface area contributed by atoms with Crippen molar-refractivity contribution in [2.24, 2.45) is 4.99 Å². The molecule has 0 bridgehead atoms. The van der Waals surface area contributed by atoms with Crippen LogP contribution in [-0.4, -0.2) is 24.3 Å². The Hall–Kier alpha value is -3.66. The molecule has 1 aliphatic heterocycles. The largest absolute Gasteiger partial charge is 0.493 e. The first-order valence-electron chi connectivity index (χ1n) is 12.2. The fourth-order valence-electron chi connectivity index (χ4n) is 4.35. The molecule has 0 spiro atoms. The highest BCUT2D eigenvalue weighted by molar-refractivity contribution is 7.10. The monoisotopic (exact) mass is 580 g/mol. The quantitative estimate of drug-likeness (QED) is 0.271. The maximum Gasteiger partial charge on any atom is 0.338 e. The second kappa shape index (κ2) is 11.6. The van der Waals surface area contributed by atoms with Gasteiger partial charge in [0.25, 0.3) is 5.56 Å². The lowest BCUT2D eigenvalue weighted by Gasteiger charge is -2.23. The lowest BCUT2D eigenvalue weighted by Crippen LogP contribution is -2.39. The van der Waals surface area contributed by atoms with Crippen LogP contribution in [0.5, 0.6) is 11.5 Å². The van der Waals surface area contributed by atoms with Gasteiger partial charge in [0, 0.05) is 4.88 Å². The maximum absolute atomic E-state index is 13.7. The molecule has 39 heavy (non-hydrogen) atoms. The number of nitrogens with zero attached hydrogens (tertiary/aromatic N) is 2. The fourth-order valence-corrected chi connectivity index (χ4v) is 6.50. The first kappa shape index (κ1) is 26.9. The molecule has 200 valence electrons. The van der Waals surface area contributed by atoms with Crippen molar-refractivity contribution < 1.29 is 19.0 Å². The molecule has 0 radical (unpaired) electrons. The summed E-state index contributed by atoms with van der Waals surface area (Å²) in [7, 11) is 1.54. The molecule has 0 unspecified atom stereocenters. The van der Waals surface area contributed by atoms with Crippen LogP contribution in [0.3, 0.4) is 0 Å². The van der Waals surface area contributed by atoms with Crippen molar-refractivity contribution in [3.63, 3.8) is 0 Å². The van der Waals surface area contributed by atoms with Crippen LogP contribution in [0.1, 0.15) is 35.9 Å². The van der Waals surface area contributed by atoms with Gasteiger partial charge in [-0.2, -0.15) is 0 Å². The van der Waals surface area contributed by atoms with Gasteiger partial charge in [-0.05, 0) is 54.6 Å². The van der Waals surface area contributed by atoms with Crippen LogP contribution in [-0.2, 0) is 16.1 Å². The van der Waals surface area contributed by atoms with E-state index in [1.165, 1.54) is 22.7 Å². The van der Waals surface area contributed by atoms with E-state index >= 15 is 0 Å². The Morgan fingerprint density at radius 3 is 2.67 bits per heavy atom. The van der Waals surface area contributed by atoms with Gasteiger partial charge in [0.15, 0.2) is 16.3 Å². The van der Waals surface area contributed by atoms with Crippen LogP contribution in [0.15, 0.2) is 81.0 Å². The first-order valence-corrected chi connectivity index (χ1v) is 14.3. The van der Waals surface area contributed by atoms with E-state index in [0.29, 0.717) is 49.3 Å². The standard InChI is InChI=1S/C29H25ClN2O5S2/c1-4-36-28(34)24-17(2)31-29-32(25(24)22-11-8-12-38-22)27(33)23(39-29)15-19-13-20(30)26(21(14-19)35-3)37-16-18-9-6-5-7-10-18/h5-15,25H,4,16H2,1-3H3/b23-15-/t25-/m1/s1. The van der Waals surface area contributed by atoms with Gasteiger partial charge in [-0.25, -0.2) is 9.79 Å². The lowest BCUT2D eigenvalue weighted by molar-refractivity contribution is -0.139. The number of rotatable bonds is 8. The highest BCUT2D eigenvalue weighted by Crippen LogP contribution is 2.37. The van der Waals surface area contributed by atoms with E-state index in [9.17, 15) is 9.59 Å². The third-order valence-electron chi connectivity index (χ3n) is 6.11. The molecule has 2 aromatic heterocycles. The Morgan fingerprint density at radius 2 is 1.97 bits per heavy atom. The van der Waals surface area contributed by atoms with E-state index in [2.05, 4.69) is 4.99 Å². The number of fused-ring (bicyclic) bond motifs is 1. The molecule has 0 amide bonds. The summed E-state index contributed by atoms with van der Waals surface area (Å²) in [5, 5.41) is 2.28. The van der Waals surface area contributed by atoms with Gasteiger partial charge in [0.05, 0.1) is 34.5 Å². The van der Waals surface area contributed by atoms with E-state index in [1.54, 1.807) is 43.7 Å². The molecule has 4 aromatic rings. The molecule has 1 atom stereocenters. The summed E-state index contributed by atoms with van der Waals surface area (Å²) in [5.74, 6) is 0.400. The van der Waals surface area contributed by atoms with E-state index < -0.39 is 12.0 Å². The Kier molecular flexibility index (Phi) is 8.02. The maximum atomic E-state index is 13.7. The molecule has 5 rings (SSSR count). The Bertz CT molecular complexity index is 1720. The molecule has 0 N–H and O–H groups in total. The Labute approximate surface area is 237 Å². The van der Waals surface area contributed by atoms with E-state index in [-0.39, 0.29) is 12.2 Å². The average Bonchev–Trinajstić information content (AvgIpc) is 3.56. The number of thiophene rings is 1. The summed E-state index contributed by atoms with van der Waals surface area (Å²) in [6.07, 6.45) is 1.74. The van der Waals surface area contributed by atoms with E-state index in [1.807, 2.05) is 47.8 Å². The number of methoxy groups -OCH3 is 1. The molecule has 0 saturated carbocycles. The Morgan fingerprint density at radius 1 is 1.18 bits per heavy atom. The van der Waals surface area contributed by atoms with Gasteiger partial charge < -0.3 is 14.2 Å². The van der Waals surface area contributed by atoms with E-state index in [0.717, 1.165) is 10.4 Å². The zero-order chi connectivity index (χ0) is 27.5. The number of aromatic nitrogens is 1. The number of esters is 1. The Balaban J connectivity index is 1.56. The third-order valence-corrected chi connectivity index (χ3v) is 8.29. The van der Waals surface area contributed by atoms with Crippen LogP contribution < -0.4 is 24.4 Å². The molecule has 7 nitrogen and oxygen atoms in total. The SMILES string of the molecule is CCOC(=O)C1=C(C)N=c2s/c(=C\c3cc(Cl)c(OCc4ccccc4)c(OC)c3)c(=O)n2[C@@H]1c1cccs1. The van der Waals surface area contributed by atoms with Gasteiger partial charge in [-0.1, -0.05) is 59.3 Å². The van der Waals surface area contributed by atoms with Crippen LogP contribution in [0.2, 0.25) is 5.02 Å². The predicted molar refractivity (Wildman–Crippen MR) is 153 cm³/mol. The van der Waals surface area contributed by atoms with Crippen molar-refractivity contribution >= 4 is 46.3 Å². The number of allylic oxidation sites excluding steroid dienone is 1. The predicted octanol–water partition coefficient (Wildman–Crippen LogP) is 5.10. The van der Waals surface area contributed by atoms with Crippen molar-refractivity contribution in [2.75, 3.05) is 13.7 Å². The summed E-state index contributed by atoms with van der Waals surface area (Å²) >= 11 is 9.32. The van der Waals surface area contributed by atoms with E-state index in [4.69, 9.17) is 25.8 Å². The molecule has 0 saturated heterocycles. The minimum Gasteiger partial charge on any atom is -0.493 e. The second-order valence-electron chi connectivity index (χ2n) is 8.63. The molecular formula is C29H25ClN2O5S2. The fraction of sp³-hybridized carbons (Fsp3) is 0.207. The number of hydrogen-bond donors (Lipinski definition) is 0. The minimum absolute atomic E-state index is 0.227. The van der Waals surface area contributed by atoms with Crippen molar-refractivity contribution in [2.45, 2.75) is 26.5 Å². The topological polar surface area (TPSA) is 79.1 Å². The summed E-state index contributed by atoms with van der Waals surface area (Å²) in [5.41, 5.74) is 2.31. The molecule has 3 heterocycles. The molecule has 2 aromatic carbocycles. The van der Waals surface area contributed by atoms with Crippen molar-refractivity contribution in [1.29, 1.82) is 0 Å². The lowest BCUT2D eigenvalue weighted by atomic mass is 10.0. The zero-order valence-electron chi connectivity index (χ0n) is 21.5. The zero-order valence-corrected chi connectivity index (χ0v) is 23.9. The second-order valence-corrected chi connectivity index (χ2v) is 11.0. The average molecular weight is 581 g/mol. The van der Waals surface area contributed by atoms with Gasteiger partial charge in [-0.3, -0.25) is 9.36 Å².